The predicted octanol–water partition coefficient (Wildman–Crippen LogP) is 2.64. The molecule has 86 valence electrons. The first-order valence-electron chi connectivity index (χ1n) is 5.23. The molecule has 5 heteroatoms. The van der Waals surface area contributed by atoms with Crippen molar-refractivity contribution < 1.29 is 9.90 Å². The number of anilines is 1. The molecule has 16 heavy (non-hydrogen) atoms. The van der Waals surface area contributed by atoms with Crippen LogP contribution in [-0.4, -0.2) is 22.1 Å². The normalized spacial score (nSPS) is 16.9. The number of carboxylic acid groups (broad SMARTS) is 1. The van der Waals surface area contributed by atoms with E-state index in [9.17, 15) is 4.79 Å². The molecule has 1 saturated carbocycles. The van der Waals surface area contributed by atoms with Gasteiger partial charge in [0.05, 0.1) is 5.56 Å². The standard InChI is InChI=1S/C11H13ClN2O2/c1-6(7-2-3-7)13-10-5-8(11(15)16)4-9(12)14-10/h4-7H,2-3H2,1H3,(H,13,14)(H,15,16). The predicted molar refractivity (Wildman–Crippen MR) is 62.0 cm³/mol. The lowest BCUT2D eigenvalue weighted by molar-refractivity contribution is 0.0697. The fourth-order valence-electron chi connectivity index (χ4n) is 1.64. The number of halogens is 1. The van der Waals surface area contributed by atoms with Crippen molar-refractivity contribution in [3.8, 4) is 0 Å². The topological polar surface area (TPSA) is 62.2 Å². The summed E-state index contributed by atoms with van der Waals surface area (Å²) in [6.45, 7) is 2.07. The molecule has 0 radical (unpaired) electrons. The van der Waals surface area contributed by atoms with Gasteiger partial charge in [-0.15, -0.1) is 0 Å². The summed E-state index contributed by atoms with van der Waals surface area (Å²) in [7, 11) is 0. The number of pyridine rings is 1. The van der Waals surface area contributed by atoms with E-state index < -0.39 is 5.97 Å². The summed E-state index contributed by atoms with van der Waals surface area (Å²) in [6, 6.07) is 3.16. The number of carbonyl (C=O) groups is 1. The van der Waals surface area contributed by atoms with Crippen molar-refractivity contribution in [2.75, 3.05) is 5.32 Å². The van der Waals surface area contributed by atoms with E-state index in [1.54, 1.807) is 0 Å². The number of hydrogen-bond acceptors (Lipinski definition) is 3. The number of rotatable bonds is 4. The van der Waals surface area contributed by atoms with E-state index in [1.807, 2.05) is 0 Å². The molecule has 0 bridgehead atoms. The number of hydrogen-bond donors (Lipinski definition) is 2. The largest absolute Gasteiger partial charge is 0.478 e. The van der Waals surface area contributed by atoms with Gasteiger partial charge in [-0.05, 0) is 37.8 Å². The second kappa shape index (κ2) is 4.29. The van der Waals surface area contributed by atoms with Crippen LogP contribution in [0.4, 0.5) is 5.82 Å². The highest BCUT2D eigenvalue weighted by Gasteiger charge is 2.28. The van der Waals surface area contributed by atoms with E-state index >= 15 is 0 Å². The summed E-state index contributed by atoms with van der Waals surface area (Å²) in [6.07, 6.45) is 2.45. The molecule has 1 aliphatic rings. The van der Waals surface area contributed by atoms with Crippen LogP contribution in [0.25, 0.3) is 0 Å². The van der Waals surface area contributed by atoms with Gasteiger partial charge in [0.25, 0.3) is 0 Å². The lowest BCUT2D eigenvalue weighted by Crippen LogP contribution is -2.18. The molecule has 4 nitrogen and oxygen atoms in total. The molecular formula is C11H13ClN2O2. The highest BCUT2D eigenvalue weighted by molar-refractivity contribution is 6.29. The molecule has 1 atom stereocenters. The Morgan fingerprint density at radius 3 is 2.88 bits per heavy atom. The van der Waals surface area contributed by atoms with Crippen molar-refractivity contribution in [3.63, 3.8) is 0 Å². The Kier molecular flexibility index (Phi) is 3.01. The maximum absolute atomic E-state index is 10.8. The van der Waals surface area contributed by atoms with Crippen LogP contribution in [0.5, 0.6) is 0 Å². The Morgan fingerprint density at radius 1 is 1.62 bits per heavy atom. The highest BCUT2D eigenvalue weighted by atomic mass is 35.5. The molecule has 1 fully saturated rings. The molecule has 0 aromatic carbocycles. The van der Waals surface area contributed by atoms with Gasteiger partial charge in [-0.3, -0.25) is 0 Å². The van der Waals surface area contributed by atoms with E-state index in [1.165, 1.54) is 25.0 Å². The van der Waals surface area contributed by atoms with Gasteiger partial charge in [0.2, 0.25) is 0 Å². The zero-order valence-electron chi connectivity index (χ0n) is 8.90. The van der Waals surface area contributed by atoms with E-state index in [-0.39, 0.29) is 10.7 Å². The van der Waals surface area contributed by atoms with Crippen LogP contribution >= 0.6 is 11.6 Å². The zero-order valence-corrected chi connectivity index (χ0v) is 9.66. The van der Waals surface area contributed by atoms with Crippen LogP contribution in [-0.2, 0) is 0 Å². The summed E-state index contributed by atoms with van der Waals surface area (Å²) in [5, 5.41) is 12.3. The first-order chi connectivity index (χ1) is 7.56. The second-order valence-corrected chi connectivity index (χ2v) is 4.53. The molecule has 1 aromatic rings. The fourth-order valence-corrected chi connectivity index (χ4v) is 1.85. The molecule has 2 rings (SSSR count). The fraction of sp³-hybridized carbons (Fsp3) is 0.455. The molecule has 0 aliphatic heterocycles. The van der Waals surface area contributed by atoms with Crippen molar-refractivity contribution in [1.29, 1.82) is 0 Å². The zero-order chi connectivity index (χ0) is 11.7. The molecule has 1 aromatic heterocycles. The highest BCUT2D eigenvalue weighted by Crippen LogP contribution is 2.33. The summed E-state index contributed by atoms with van der Waals surface area (Å²) in [5.41, 5.74) is 0.158. The average molecular weight is 241 g/mol. The lowest BCUT2D eigenvalue weighted by Gasteiger charge is -2.13. The molecule has 1 aliphatic carbocycles. The first-order valence-corrected chi connectivity index (χ1v) is 5.61. The second-order valence-electron chi connectivity index (χ2n) is 4.14. The third-order valence-corrected chi connectivity index (χ3v) is 2.94. The van der Waals surface area contributed by atoms with Gasteiger partial charge in [0.15, 0.2) is 0 Å². The maximum Gasteiger partial charge on any atom is 0.335 e. The number of aromatic carboxylic acids is 1. The summed E-state index contributed by atoms with van der Waals surface area (Å²) < 4.78 is 0. The lowest BCUT2D eigenvalue weighted by atomic mass is 10.2. The Balaban J connectivity index is 2.16. The maximum atomic E-state index is 10.8. The van der Waals surface area contributed by atoms with Crippen LogP contribution < -0.4 is 5.32 Å². The molecule has 1 heterocycles. The van der Waals surface area contributed by atoms with E-state index in [0.717, 1.165) is 0 Å². The van der Waals surface area contributed by atoms with Gasteiger partial charge in [-0.1, -0.05) is 11.6 Å². The van der Waals surface area contributed by atoms with Gasteiger partial charge < -0.3 is 10.4 Å². The van der Waals surface area contributed by atoms with E-state index in [2.05, 4.69) is 17.2 Å². The molecule has 0 spiro atoms. The third kappa shape index (κ3) is 2.64. The van der Waals surface area contributed by atoms with E-state index in [4.69, 9.17) is 16.7 Å². The van der Waals surface area contributed by atoms with Crippen molar-refractivity contribution in [3.05, 3.63) is 22.8 Å². The molecule has 1 unspecified atom stereocenters. The number of aromatic nitrogens is 1. The van der Waals surface area contributed by atoms with Gasteiger partial charge in [-0.25, -0.2) is 9.78 Å². The summed E-state index contributed by atoms with van der Waals surface area (Å²) in [4.78, 5) is 14.9. The molecule has 0 saturated heterocycles. The SMILES string of the molecule is CC(Nc1cc(C(=O)O)cc(Cl)n1)C1CC1. The summed E-state index contributed by atoms with van der Waals surface area (Å²) in [5.74, 6) is 0.213. The minimum absolute atomic E-state index is 0.158. The smallest absolute Gasteiger partial charge is 0.335 e. The molecule has 0 amide bonds. The quantitative estimate of drug-likeness (QED) is 0.795. The van der Waals surface area contributed by atoms with Gasteiger partial charge in [-0.2, -0.15) is 0 Å². The minimum Gasteiger partial charge on any atom is -0.478 e. The van der Waals surface area contributed by atoms with Crippen molar-refractivity contribution in [2.24, 2.45) is 5.92 Å². The van der Waals surface area contributed by atoms with Gasteiger partial charge >= 0.3 is 5.97 Å². The van der Waals surface area contributed by atoms with Crippen LogP contribution in [0.2, 0.25) is 5.15 Å². The number of carboxylic acids is 1. The van der Waals surface area contributed by atoms with Crippen LogP contribution in [0, 0.1) is 5.92 Å². The average Bonchev–Trinajstić information content (AvgIpc) is 2.99. The Labute approximate surface area is 98.6 Å². The van der Waals surface area contributed by atoms with Gasteiger partial charge in [0.1, 0.15) is 11.0 Å². The van der Waals surface area contributed by atoms with Crippen molar-refractivity contribution in [2.45, 2.75) is 25.8 Å². The van der Waals surface area contributed by atoms with Crippen LogP contribution in [0.3, 0.4) is 0 Å². The van der Waals surface area contributed by atoms with Crippen LogP contribution in [0.15, 0.2) is 12.1 Å². The van der Waals surface area contributed by atoms with Crippen LogP contribution in [0.1, 0.15) is 30.1 Å². The number of nitrogens with zero attached hydrogens (tertiary/aromatic N) is 1. The monoisotopic (exact) mass is 240 g/mol. The Morgan fingerprint density at radius 2 is 2.31 bits per heavy atom. The molecule has 2 N–H and O–H groups in total. The van der Waals surface area contributed by atoms with Gasteiger partial charge in [0, 0.05) is 6.04 Å². The number of nitrogens with one attached hydrogen (secondary N) is 1. The molecular weight excluding hydrogens is 228 g/mol. The minimum atomic E-state index is -0.994. The Bertz CT molecular complexity index is 418. The van der Waals surface area contributed by atoms with Crippen molar-refractivity contribution >= 4 is 23.4 Å². The first kappa shape index (κ1) is 11.2. The van der Waals surface area contributed by atoms with Crippen molar-refractivity contribution in [1.82, 2.24) is 4.98 Å². The third-order valence-electron chi connectivity index (χ3n) is 2.75. The Hall–Kier alpha value is -1.29. The van der Waals surface area contributed by atoms with E-state index in [0.29, 0.717) is 17.8 Å². The summed E-state index contributed by atoms with van der Waals surface area (Å²) >= 11 is 5.76.